The van der Waals surface area contributed by atoms with Gasteiger partial charge >= 0.3 is 0 Å². The van der Waals surface area contributed by atoms with Crippen molar-refractivity contribution in [3.8, 4) is 22.9 Å². The number of hydrogen-bond donors (Lipinski definition) is 1. The average molecular weight is 565 g/mol. The zero-order valence-corrected chi connectivity index (χ0v) is 23.7. The number of ether oxygens (including phenoxy) is 2. The van der Waals surface area contributed by atoms with Gasteiger partial charge in [-0.15, -0.1) is 0 Å². The second kappa shape index (κ2) is 11.1. The molecule has 2 aromatic heterocycles. The van der Waals surface area contributed by atoms with Gasteiger partial charge in [-0.25, -0.2) is 4.39 Å². The van der Waals surface area contributed by atoms with E-state index >= 15 is 0 Å². The summed E-state index contributed by atoms with van der Waals surface area (Å²) < 4.78 is 27.1. The van der Waals surface area contributed by atoms with E-state index in [9.17, 15) is 4.39 Å². The van der Waals surface area contributed by atoms with E-state index in [4.69, 9.17) is 21.7 Å². The number of rotatable bonds is 7. The number of pyridine rings is 1. The van der Waals surface area contributed by atoms with Gasteiger partial charge in [-0.3, -0.25) is 4.98 Å². The van der Waals surface area contributed by atoms with Crippen LogP contribution in [0.1, 0.15) is 34.7 Å². The molecule has 1 aliphatic rings. The molecule has 6 nitrogen and oxygen atoms in total. The van der Waals surface area contributed by atoms with E-state index in [0.717, 1.165) is 45.5 Å². The Morgan fingerprint density at radius 2 is 1.46 bits per heavy atom. The van der Waals surface area contributed by atoms with Crippen LogP contribution in [0.15, 0.2) is 103 Å². The summed E-state index contributed by atoms with van der Waals surface area (Å²) in [6, 6.07) is 29.7. The van der Waals surface area contributed by atoms with Crippen LogP contribution in [-0.2, 0) is 0 Å². The molecule has 8 heteroatoms. The Morgan fingerprint density at radius 1 is 0.829 bits per heavy atom. The third kappa shape index (κ3) is 5.14. The predicted octanol–water partition coefficient (Wildman–Crippen LogP) is 7.61. The number of methoxy groups -OCH3 is 1. The fourth-order valence-electron chi connectivity index (χ4n) is 5.48. The first-order chi connectivity index (χ1) is 19.9. The SMILES string of the molecule is COc1ccc(Oc2ccc(N3C(=S)N[C@@H](c4ccccn4)[C@H]3c3cc(C)n(-c4ccc(F)cc4)c3C)cc2)cc1. The van der Waals surface area contributed by atoms with Crippen molar-refractivity contribution < 1.29 is 13.9 Å². The number of hydrogen-bond acceptors (Lipinski definition) is 4. The van der Waals surface area contributed by atoms with E-state index in [1.54, 1.807) is 25.4 Å². The summed E-state index contributed by atoms with van der Waals surface area (Å²) >= 11 is 5.92. The number of thiocarbonyl (C=S) groups is 1. The third-order valence-electron chi connectivity index (χ3n) is 7.38. The maximum atomic E-state index is 13.7. The molecule has 1 N–H and O–H groups in total. The van der Waals surface area contributed by atoms with Crippen LogP contribution < -0.4 is 19.7 Å². The number of halogens is 1. The minimum absolute atomic E-state index is 0.175. The molecule has 41 heavy (non-hydrogen) atoms. The molecule has 1 saturated heterocycles. The Labute approximate surface area is 244 Å². The van der Waals surface area contributed by atoms with Crippen molar-refractivity contribution in [2.24, 2.45) is 0 Å². The van der Waals surface area contributed by atoms with Gasteiger partial charge in [0.05, 0.1) is 24.9 Å². The molecule has 5 aromatic rings. The monoisotopic (exact) mass is 564 g/mol. The Hall–Kier alpha value is -4.69. The summed E-state index contributed by atoms with van der Waals surface area (Å²) in [5.41, 5.74) is 5.93. The molecule has 6 rings (SSSR count). The molecule has 1 fully saturated rings. The lowest BCUT2D eigenvalue weighted by atomic mass is 9.96. The molecule has 0 amide bonds. The molecular weight excluding hydrogens is 535 g/mol. The Balaban J connectivity index is 1.38. The van der Waals surface area contributed by atoms with Crippen LogP contribution in [0.4, 0.5) is 10.1 Å². The van der Waals surface area contributed by atoms with Crippen LogP contribution in [0.5, 0.6) is 17.2 Å². The predicted molar refractivity (Wildman–Crippen MR) is 163 cm³/mol. The van der Waals surface area contributed by atoms with E-state index < -0.39 is 0 Å². The van der Waals surface area contributed by atoms with E-state index in [0.29, 0.717) is 10.9 Å². The smallest absolute Gasteiger partial charge is 0.174 e. The van der Waals surface area contributed by atoms with Crippen molar-refractivity contribution in [2.45, 2.75) is 25.9 Å². The van der Waals surface area contributed by atoms with Gasteiger partial charge in [-0.2, -0.15) is 0 Å². The van der Waals surface area contributed by atoms with E-state index in [1.807, 2.05) is 66.7 Å². The molecular formula is C33H29FN4O2S. The highest BCUT2D eigenvalue weighted by atomic mass is 32.1. The number of benzene rings is 3. The number of anilines is 1. The van der Waals surface area contributed by atoms with Crippen LogP contribution in [0.2, 0.25) is 0 Å². The molecule has 2 atom stereocenters. The lowest BCUT2D eigenvalue weighted by Gasteiger charge is -2.28. The second-order valence-corrected chi connectivity index (χ2v) is 10.3. The molecule has 1 aliphatic heterocycles. The second-order valence-electron chi connectivity index (χ2n) is 9.91. The topological polar surface area (TPSA) is 51.6 Å². The molecule has 206 valence electrons. The largest absolute Gasteiger partial charge is 0.497 e. The maximum Gasteiger partial charge on any atom is 0.174 e. The third-order valence-corrected chi connectivity index (χ3v) is 7.70. The molecule has 0 saturated carbocycles. The summed E-state index contributed by atoms with van der Waals surface area (Å²) in [5, 5.41) is 4.14. The number of aromatic nitrogens is 2. The summed E-state index contributed by atoms with van der Waals surface area (Å²) in [5.74, 6) is 1.94. The zero-order chi connectivity index (χ0) is 28.5. The summed E-state index contributed by atoms with van der Waals surface area (Å²) in [7, 11) is 1.64. The first-order valence-electron chi connectivity index (χ1n) is 13.3. The maximum absolute atomic E-state index is 13.7. The van der Waals surface area contributed by atoms with Gasteiger partial charge in [0, 0.05) is 29.0 Å². The molecule has 0 aliphatic carbocycles. The van der Waals surface area contributed by atoms with Crippen molar-refractivity contribution >= 4 is 23.0 Å². The zero-order valence-electron chi connectivity index (χ0n) is 22.9. The minimum Gasteiger partial charge on any atom is -0.497 e. The Bertz CT molecular complexity index is 1670. The van der Waals surface area contributed by atoms with Gasteiger partial charge in [0.25, 0.3) is 0 Å². The lowest BCUT2D eigenvalue weighted by molar-refractivity contribution is 0.413. The molecule has 0 radical (unpaired) electrons. The fourth-order valence-corrected chi connectivity index (χ4v) is 5.82. The first kappa shape index (κ1) is 26.5. The lowest BCUT2D eigenvalue weighted by Crippen LogP contribution is -2.29. The number of nitrogens with one attached hydrogen (secondary N) is 1. The van der Waals surface area contributed by atoms with Gasteiger partial charge < -0.3 is 24.3 Å². The Kier molecular flexibility index (Phi) is 7.15. The van der Waals surface area contributed by atoms with Gasteiger partial charge in [-0.1, -0.05) is 6.07 Å². The van der Waals surface area contributed by atoms with E-state index in [1.165, 1.54) is 12.1 Å². The first-order valence-corrected chi connectivity index (χ1v) is 13.7. The van der Waals surface area contributed by atoms with Gasteiger partial charge in [0.2, 0.25) is 0 Å². The molecule has 0 unspecified atom stereocenters. The number of aryl methyl sites for hydroxylation is 1. The standard InChI is InChI=1S/C33H29FN4O2S/c1-21-20-29(22(2)37(21)24-9-7-23(34)8-10-24)32-31(30-6-4-5-19-35-30)36-33(41)38(32)25-11-13-27(14-12-25)40-28-17-15-26(39-3)16-18-28/h4-20,31-32H,1-3H3,(H,36,41)/t31-,32+/m0/s1. The quantitative estimate of drug-likeness (QED) is 0.205. The minimum atomic E-state index is -0.261. The average Bonchev–Trinajstić information content (AvgIpc) is 3.49. The van der Waals surface area contributed by atoms with Crippen LogP contribution in [0.3, 0.4) is 0 Å². The fraction of sp³-hybridized carbons (Fsp3) is 0.152. The molecule has 3 aromatic carbocycles. The van der Waals surface area contributed by atoms with Crippen molar-refractivity contribution in [1.29, 1.82) is 0 Å². The molecule has 0 bridgehead atoms. The van der Waals surface area contributed by atoms with Gasteiger partial charge in [0.1, 0.15) is 23.1 Å². The highest BCUT2D eigenvalue weighted by molar-refractivity contribution is 7.80. The Morgan fingerprint density at radius 3 is 2.10 bits per heavy atom. The van der Waals surface area contributed by atoms with E-state index in [2.05, 4.69) is 39.7 Å². The van der Waals surface area contributed by atoms with Crippen molar-refractivity contribution in [1.82, 2.24) is 14.9 Å². The summed E-state index contributed by atoms with van der Waals surface area (Å²) in [6.07, 6.45) is 1.80. The highest BCUT2D eigenvalue weighted by Gasteiger charge is 2.42. The molecule has 0 spiro atoms. The number of nitrogens with zero attached hydrogens (tertiary/aromatic N) is 3. The highest BCUT2D eigenvalue weighted by Crippen LogP contribution is 2.44. The van der Waals surface area contributed by atoms with Crippen LogP contribution >= 0.6 is 12.2 Å². The van der Waals surface area contributed by atoms with Gasteiger partial charge in [-0.05, 0) is 123 Å². The van der Waals surface area contributed by atoms with E-state index in [-0.39, 0.29) is 17.9 Å². The van der Waals surface area contributed by atoms with Crippen molar-refractivity contribution in [3.05, 3.63) is 132 Å². The van der Waals surface area contributed by atoms with Crippen LogP contribution in [0.25, 0.3) is 5.69 Å². The van der Waals surface area contributed by atoms with Crippen molar-refractivity contribution in [2.75, 3.05) is 12.0 Å². The van der Waals surface area contributed by atoms with Crippen LogP contribution in [0, 0.1) is 19.7 Å². The molecule has 3 heterocycles. The van der Waals surface area contributed by atoms with Crippen molar-refractivity contribution in [3.63, 3.8) is 0 Å². The summed E-state index contributed by atoms with van der Waals surface area (Å²) in [6.45, 7) is 4.15. The van der Waals surface area contributed by atoms with Crippen LogP contribution in [-0.4, -0.2) is 21.8 Å². The summed E-state index contributed by atoms with van der Waals surface area (Å²) in [4.78, 5) is 6.81. The van der Waals surface area contributed by atoms with Gasteiger partial charge in [0.15, 0.2) is 5.11 Å². The normalized spacial score (nSPS) is 16.5.